The zero-order valence-corrected chi connectivity index (χ0v) is 40.6. The number of carbonyl (C=O) groups is 6. The lowest BCUT2D eigenvalue weighted by atomic mass is 9.72. The number of aromatic nitrogens is 2. The number of hydrogen-bond donors (Lipinski definition) is 6. The van der Waals surface area contributed by atoms with Crippen LogP contribution in [-0.4, -0.2) is 156 Å². The van der Waals surface area contributed by atoms with Crippen LogP contribution >= 0.6 is 0 Å². The predicted molar refractivity (Wildman–Crippen MR) is 268 cm³/mol. The molecular formula is C52H70N10O8. The van der Waals surface area contributed by atoms with E-state index in [9.17, 15) is 28.8 Å². The van der Waals surface area contributed by atoms with E-state index in [0.717, 1.165) is 23.9 Å². The fourth-order valence-corrected chi connectivity index (χ4v) is 11.2. The van der Waals surface area contributed by atoms with E-state index in [1.807, 2.05) is 26.0 Å². The third-order valence-electron chi connectivity index (χ3n) is 14.2. The van der Waals surface area contributed by atoms with Gasteiger partial charge in [0.05, 0.1) is 38.1 Å². The fraction of sp³-hybridized carbons (Fsp3) is 0.500. The number of fused-ring (bicyclic) bond motifs is 4. The number of esters is 2. The van der Waals surface area contributed by atoms with Crippen LogP contribution in [0.2, 0.25) is 0 Å². The van der Waals surface area contributed by atoms with Crippen LogP contribution in [-0.2, 0) is 41.5 Å². The van der Waals surface area contributed by atoms with Gasteiger partial charge in [0.2, 0.25) is 11.8 Å². The molecule has 2 aliphatic carbocycles. The maximum Gasteiger partial charge on any atom is 0.324 e. The fourth-order valence-electron chi connectivity index (χ4n) is 11.2. The average Bonchev–Trinajstić information content (AvgIpc) is 3.99. The molecule has 2 aromatic heterocycles. The molecule has 2 aliphatic heterocycles. The number of benzene rings is 2. The third kappa shape index (κ3) is 11.3. The quantitative estimate of drug-likeness (QED) is 0.0466. The zero-order chi connectivity index (χ0) is 49.9. The number of carbonyl (C=O) groups excluding carboxylic acids is 6. The van der Waals surface area contributed by atoms with Gasteiger partial charge in [-0.2, -0.15) is 0 Å². The number of rotatable bonds is 18. The van der Waals surface area contributed by atoms with Crippen molar-refractivity contribution in [2.75, 3.05) is 78.7 Å². The number of piperidine rings is 2. The molecule has 4 aliphatic rings. The summed E-state index contributed by atoms with van der Waals surface area (Å²) < 4.78 is 10.1. The molecule has 18 heteroatoms. The van der Waals surface area contributed by atoms with Crippen molar-refractivity contribution < 1.29 is 38.2 Å². The molecule has 0 unspecified atom stereocenters. The summed E-state index contributed by atoms with van der Waals surface area (Å²) in [6, 6.07) is 12.4. The number of amides is 6. The Kier molecular flexibility index (Phi) is 17.6. The van der Waals surface area contributed by atoms with E-state index < -0.39 is 24.0 Å². The average molecular weight is 963 g/mol. The number of hydrogen-bond acceptors (Lipinski definition) is 12. The number of nitrogens with two attached hydrogens (primary N) is 2. The minimum Gasteiger partial charge on any atom is -0.465 e. The number of urea groups is 2. The summed E-state index contributed by atoms with van der Waals surface area (Å²) in [6.07, 6.45) is 11.9. The van der Waals surface area contributed by atoms with Gasteiger partial charge in [-0.05, 0) is 86.8 Å². The first-order valence-corrected chi connectivity index (χ1v) is 24.7. The minimum absolute atomic E-state index is 0.107. The Morgan fingerprint density at radius 2 is 1.10 bits per heavy atom. The van der Waals surface area contributed by atoms with Gasteiger partial charge in [-0.25, -0.2) is 9.59 Å². The molecule has 376 valence electrons. The normalized spacial score (nSPS) is 21.3. The molecular weight excluding hydrogens is 893 g/mol. The van der Waals surface area contributed by atoms with Crippen molar-refractivity contribution in [2.24, 2.45) is 23.3 Å². The van der Waals surface area contributed by atoms with Gasteiger partial charge < -0.3 is 41.5 Å². The molecule has 18 nitrogen and oxygen atoms in total. The highest BCUT2D eigenvalue weighted by Crippen LogP contribution is 2.46. The Hall–Kier alpha value is -6.34. The molecule has 4 heterocycles. The molecule has 2 fully saturated rings. The van der Waals surface area contributed by atoms with E-state index in [-0.39, 0.29) is 87.0 Å². The largest absolute Gasteiger partial charge is 0.465 e. The predicted octanol–water partition coefficient (Wildman–Crippen LogP) is 4.27. The second kappa shape index (κ2) is 24.0. The summed E-state index contributed by atoms with van der Waals surface area (Å²) in [7, 11) is 0. The first-order valence-electron chi connectivity index (χ1n) is 24.7. The molecule has 6 amide bonds. The number of H-pyrrole nitrogens is 2. The van der Waals surface area contributed by atoms with Gasteiger partial charge in [0.25, 0.3) is 0 Å². The first-order chi connectivity index (χ1) is 34.0. The van der Waals surface area contributed by atoms with Gasteiger partial charge in [-0.3, -0.25) is 38.8 Å². The molecule has 0 bridgehead atoms. The lowest BCUT2D eigenvalue weighted by molar-refractivity contribution is -0.143. The molecule has 2 aromatic carbocycles. The van der Waals surface area contributed by atoms with Crippen molar-refractivity contribution >= 4 is 57.6 Å². The number of nitrogens with one attached hydrogen (secondary N) is 4. The van der Waals surface area contributed by atoms with Crippen LogP contribution in [0.25, 0.3) is 21.8 Å². The number of aromatic amines is 2. The van der Waals surface area contributed by atoms with Gasteiger partial charge in [-0.15, -0.1) is 13.2 Å². The first kappa shape index (κ1) is 51.5. The molecule has 70 heavy (non-hydrogen) atoms. The van der Waals surface area contributed by atoms with Crippen LogP contribution in [0, 0.1) is 11.8 Å². The van der Waals surface area contributed by atoms with Crippen molar-refractivity contribution in [3.63, 3.8) is 0 Å². The van der Waals surface area contributed by atoms with Gasteiger partial charge >= 0.3 is 24.0 Å². The molecule has 8 rings (SSSR count). The highest BCUT2D eigenvalue weighted by Gasteiger charge is 2.46. The van der Waals surface area contributed by atoms with Crippen molar-refractivity contribution in [1.29, 1.82) is 0 Å². The topological polar surface area (TPSA) is 242 Å². The Labute approximate surface area is 409 Å². The number of ether oxygens (including phenoxy) is 2. The van der Waals surface area contributed by atoms with Crippen molar-refractivity contribution in [3.05, 3.63) is 96.4 Å². The second-order valence-corrected chi connectivity index (χ2v) is 18.5. The Morgan fingerprint density at radius 1 is 0.686 bits per heavy atom. The van der Waals surface area contributed by atoms with E-state index in [4.69, 9.17) is 20.9 Å². The van der Waals surface area contributed by atoms with E-state index in [1.165, 1.54) is 42.8 Å². The van der Waals surface area contributed by atoms with Gasteiger partial charge in [-0.1, -0.05) is 36.4 Å². The second-order valence-electron chi connectivity index (χ2n) is 18.5. The van der Waals surface area contributed by atoms with Gasteiger partial charge in [0.15, 0.2) is 0 Å². The van der Waals surface area contributed by atoms with E-state index >= 15 is 0 Å². The smallest absolute Gasteiger partial charge is 0.324 e. The SMILES string of the molecule is C=CCN1C[C@H](C(=O)N(CCCOC(=O)CN)C(=O)NCC)C[C@@H]2c3cccc4[nH]cc(c34)C[C@H]21.C=CCN1C[C@H](C(=O)N(CCCOC(=O)CN)C(=O)NCC)C[C@@H]2c3cccc4[nH]cc(c34)C[C@H]21. The summed E-state index contributed by atoms with van der Waals surface area (Å²) >= 11 is 0. The Bertz CT molecular complexity index is 2370. The van der Waals surface area contributed by atoms with Crippen LogP contribution in [0.1, 0.15) is 73.6 Å². The summed E-state index contributed by atoms with van der Waals surface area (Å²) in [4.78, 5) is 89.8. The minimum atomic E-state index is -0.505. The Balaban J connectivity index is 0.000000206. The molecule has 6 atom stereocenters. The van der Waals surface area contributed by atoms with Crippen molar-refractivity contribution in [1.82, 2.24) is 40.2 Å². The molecule has 2 saturated heterocycles. The number of imide groups is 2. The van der Waals surface area contributed by atoms with Crippen LogP contribution in [0.4, 0.5) is 9.59 Å². The van der Waals surface area contributed by atoms with Crippen molar-refractivity contribution in [3.8, 4) is 0 Å². The van der Waals surface area contributed by atoms with Crippen LogP contribution in [0.3, 0.4) is 0 Å². The highest BCUT2D eigenvalue weighted by molar-refractivity contribution is 5.97. The number of likely N-dealkylation sites (tertiary alicyclic amines) is 2. The Morgan fingerprint density at radius 3 is 1.47 bits per heavy atom. The molecule has 0 saturated carbocycles. The lowest BCUT2D eigenvalue weighted by Crippen LogP contribution is -2.55. The van der Waals surface area contributed by atoms with Crippen LogP contribution < -0.4 is 22.1 Å². The van der Waals surface area contributed by atoms with E-state index in [1.54, 1.807) is 0 Å². The van der Waals surface area contributed by atoms with Gasteiger partial charge in [0, 0.05) is 110 Å². The van der Waals surface area contributed by atoms with Crippen molar-refractivity contribution in [2.45, 2.75) is 76.3 Å². The maximum atomic E-state index is 13.7. The number of nitrogens with zero attached hydrogens (tertiary/aromatic N) is 4. The molecule has 4 aromatic rings. The molecule has 8 N–H and O–H groups in total. The third-order valence-corrected chi connectivity index (χ3v) is 14.2. The van der Waals surface area contributed by atoms with E-state index in [2.05, 4.69) is 92.4 Å². The highest BCUT2D eigenvalue weighted by atomic mass is 16.5. The summed E-state index contributed by atoms with van der Waals surface area (Å²) in [6.45, 7) is 15.0. The lowest BCUT2D eigenvalue weighted by Gasteiger charge is -2.47. The standard InChI is InChI=1S/2C26H35N5O4/c2*1-3-9-30-16-18(25(33)31(26(34)28-4-2)10-6-11-35-23(32)14-27)12-20-19-7-5-8-21-24(19)17(15-29-21)13-22(20)30/h2*3,5,7-8,15,18,20,22,29H,1,4,6,9-14,16,27H2,2H3,(H,28,34)/t2*18-,20-,22-/m11/s1. The van der Waals surface area contributed by atoms with Crippen LogP contribution in [0.15, 0.2) is 74.1 Å². The van der Waals surface area contributed by atoms with Gasteiger partial charge in [0.1, 0.15) is 0 Å². The van der Waals surface area contributed by atoms with Crippen LogP contribution in [0.5, 0.6) is 0 Å². The summed E-state index contributed by atoms with van der Waals surface area (Å²) in [5, 5.41) is 8.03. The maximum absolute atomic E-state index is 13.7. The molecule has 0 radical (unpaired) electrons. The monoisotopic (exact) mass is 963 g/mol. The summed E-state index contributed by atoms with van der Waals surface area (Å²) in [5.41, 5.74) is 17.9. The molecule has 0 spiro atoms. The zero-order valence-electron chi connectivity index (χ0n) is 40.6. The summed E-state index contributed by atoms with van der Waals surface area (Å²) in [5.74, 6) is -1.69. The van der Waals surface area contributed by atoms with E-state index in [0.29, 0.717) is 65.0 Å².